The Morgan fingerprint density at radius 3 is 1.42 bits per heavy atom. The third kappa shape index (κ3) is 19.8. The van der Waals surface area contributed by atoms with Crippen molar-refractivity contribution < 1.29 is 38.0 Å². The van der Waals surface area contributed by atoms with Crippen LogP contribution in [-0.4, -0.2) is 102 Å². The topological polar surface area (TPSA) is 89.5 Å². The van der Waals surface area contributed by atoms with Crippen LogP contribution in [0.2, 0.25) is 0 Å². The third-order valence-corrected chi connectivity index (χ3v) is 4.45. The molecule has 0 aromatic carbocycles. The molecule has 10 heteroatoms. The molecule has 0 aliphatic carbocycles. The van der Waals surface area contributed by atoms with Crippen molar-refractivity contribution in [3.63, 3.8) is 0 Å². The third-order valence-electron chi connectivity index (χ3n) is 2.66. The Labute approximate surface area is 163 Å². The van der Waals surface area contributed by atoms with Crippen molar-refractivity contribution in [3.8, 4) is 0 Å². The molecule has 0 atom stereocenters. The molecule has 0 radical (unpaired) electrons. The van der Waals surface area contributed by atoms with E-state index in [4.69, 9.17) is 28.4 Å². The second-order valence-electron chi connectivity index (χ2n) is 4.76. The van der Waals surface area contributed by atoms with Crippen LogP contribution in [0.4, 0.5) is 0 Å². The molecule has 0 saturated carbocycles. The van der Waals surface area contributed by atoms with Gasteiger partial charge in [0.05, 0.1) is 51.1 Å². The van der Waals surface area contributed by atoms with Gasteiger partial charge in [0.15, 0.2) is 0 Å². The number of carbonyl (C=O) groups is 2. The monoisotopic (exact) mass is 414 g/mol. The van der Waals surface area contributed by atoms with Crippen molar-refractivity contribution >= 4 is 35.5 Å². The number of rotatable bonds is 19. The molecular formula is C16H30O8S2. The molecule has 0 spiro atoms. The fraction of sp³-hybridized carbons (Fsp3) is 0.875. The molecular weight excluding hydrogens is 384 g/mol. The van der Waals surface area contributed by atoms with E-state index in [1.807, 2.05) is 0 Å². The first-order valence-corrected chi connectivity index (χ1v) is 10.6. The summed E-state index contributed by atoms with van der Waals surface area (Å²) in [4.78, 5) is 22.6. The van der Waals surface area contributed by atoms with E-state index in [0.29, 0.717) is 51.1 Å². The van der Waals surface area contributed by atoms with Crippen LogP contribution in [0.3, 0.4) is 0 Å². The number of thioether (sulfide) groups is 2. The van der Waals surface area contributed by atoms with Gasteiger partial charge in [-0.25, -0.2) is 0 Å². The largest absolute Gasteiger partial charge is 0.463 e. The molecule has 0 saturated heterocycles. The van der Waals surface area contributed by atoms with Crippen molar-refractivity contribution in [2.24, 2.45) is 0 Å². The molecule has 0 N–H and O–H groups in total. The highest BCUT2D eigenvalue weighted by Gasteiger charge is 2.03. The summed E-state index contributed by atoms with van der Waals surface area (Å²) >= 11 is 2.94. The number of carbonyl (C=O) groups excluding carboxylic acids is 2. The van der Waals surface area contributed by atoms with Gasteiger partial charge in [0.1, 0.15) is 13.2 Å². The number of hydrogen-bond donors (Lipinski definition) is 0. The summed E-state index contributed by atoms with van der Waals surface area (Å²) < 4.78 is 30.2. The normalized spacial score (nSPS) is 10.7. The minimum absolute atomic E-state index is 0.240. The molecule has 0 amide bonds. The zero-order valence-electron chi connectivity index (χ0n) is 15.6. The maximum absolute atomic E-state index is 11.3. The smallest absolute Gasteiger partial charge is 0.315 e. The van der Waals surface area contributed by atoms with Crippen LogP contribution >= 0.6 is 23.5 Å². The zero-order chi connectivity index (χ0) is 19.3. The Hall–Kier alpha value is -0.520. The Bertz CT molecular complexity index is 312. The molecule has 0 aliphatic rings. The van der Waals surface area contributed by atoms with Gasteiger partial charge in [0, 0.05) is 25.7 Å². The highest BCUT2D eigenvalue weighted by molar-refractivity contribution is 8.00. The summed E-state index contributed by atoms with van der Waals surface area (Å²) in [6.45, 7) is 3.52. The summed E-state index contributed by atoms with van der Waals surface area (Å²) in [6.07, 6.45) is 0. The van der Waals surface area contributed by atoms with E-state index in [1.54, 1.807) is 14.2 Å². The van der Waals surface area contributed by atoms with Crippen LogP contribution in [-0.2, 0) is 38.0 Å². The fourth-order valence-electron chi connectivity index (χ4n) is 1.43. The SMILES string of the molecule is COCCOC(=O)CSCCOCCOCCSCC(=O)OCCOC. The molecule has 0 bridgehead atoms. The van der Waals surface area contributed by atoms with E-state index in [0.717, 1.165) is 11.5 Å². The lowest BCUT2D eigenvalue weighted by atomic mass is 10.7. The second kappa shape index (κ2) is 20.8. The van der Waals surface area contributed by atoms with E-state index in [2.05, 4.69) is 0 Å². The number of esters is 2. The van der Waals surface area contributed by atoms with Crippen molar-refractivity contribution in [2.45, 2.75) is 0 Å². The molecule has 0 rings (SSSR count). The van der Waals surface area contributed by atoms with Crippen LogP contribution in [0.25, 0.3) is 0 Å². The van der Waals surface area contributed by atoms with E-state index >= 15 is 0 Å². The zero-order valence-corrected chi connectivity index (χ0v) is 17.2. The Balaban J connectivity index is 3.17. The van der Waals surface area contributed by atoms with Crippen molar-refractivity contribution in [1.82, 2.24) is 0 Å². The predicted octanol–water partition coefficient (Wildman–Crippen LogP) is 0.865. The van der Waals surface area contributed by atoms with Gasteiger partial charge in [-0.2, -0.15) is 0 Å². The van der Waals surface area contributed by atoms with Gasteiger partial charge in [-0.1, -0.05) is 0 Å². The molecule has 0 aromatic rings. The summed E-state index contributed by atoms with van der Waals surface area (Å²) in [6, 6.07) is 0. The molecule has 8 nitrogen and oxygen atoms in total. The van der Waals surface area contributed by atoms with Gasteiger partial charge in [0.2, 0.25) is 0 Å². The van der Waals surface area contributed by atoms with Crippen LogP contribution in [0.15, 0.2) is 0 Å². The van der Waals surface area contributed by atoms with Gasteiger partial charge in [0.25, 0.3) is 0 Å². The van der Waals surface area contributed by atoms with Crippen LogP contribution in [0, 0.1) is 0 Å². The lowest BCUT2D eigenvalue weighted by molar-refractivity contribution is -0.142. The van der Waals surface area contributed by atoms with E-state index in [1.165, 1.54) is 23.5 Å². The van der Waals surface area contributed by atoms with Gasteiger partial charge < -0.3 is 28.4 Å². The van der Waals surface area contributed by atoms with Crippen molar-refractivity contribution in [2.75, 3.05) is 90.1 Å². The van der Waals surface area contributed by atoms with Gasteiger partial charge in [-0.05, 0) is 0 Å². The molecule has 0 heterocycles. The summed E-state index contributed by atoms with van der Waals surface area (Å²) in [5.74, 6) is 1.59. The summed E-state index contributed by atoms with van der Waals surface area (Å²) in [7, 11) is 3.12. The van der Waals surface area contributed by atoms with Gasteiger partial charge in [-0.3, -0.25) is 9.59 Å². The lowest BCUT2D eigenvalue weighted by Crippen LogP contribution is -2.13. The number of hydrogen-bond acceptors (Lipinski definition) is 10. The average molecular weight is 415 g/mol. The maximum Gasteiger partial charge on any atom is 0.315 e. The summed E-state index contributed by atoms with van der Waals surface area (Å²) in [5.41, 5.74) is 0. The predicted molar refractivity (Wildman–Crippen MR) is 102 cm³/mol. The molecule has 26 heavy (non-hydrogen) atoms. The highest BCUT2D eigenvalue weighted by Crippen LogP contribution is 2.02. The second-order valence-corrected chi connectivity index (χ2v) is 6.97. The first-order valence-electron chi connectivity index (χ1n) is 8.30. The minimum Gasteiger partial charge on any atom is -0.463 e. The lowest BCUT2D eigenvalue weighted by Gasteiger charge is -2.07. The van der Waals surface area contributed by atoms with Gasteiger partial charge >= 0.3 is 11.9 Å². The first kappa shape index (κ1) is 25.5. The number of methoxy groups -OCH3 is 2. The molecule has 154 valence electrons. The van der Waals surface area contributed by atoms with Gasteiger partial charge in [-0.15, -0.1) is 23.5 Å². The van der Waals surface area contributed by atoms with Crippen molar-refractivity contribution in [1.29, 1.82) is 0 Å². The van der Waals surface area contributed by atoms with Crippen LogP contribution < -0.4 is 0 Å². The van der Waals surface area contributed by atoms with E-state index < -0.39 is 0 Å². The van der Waals surface area contributed by atoms with E-state index in [9.17, 15) is 9.59 Å². The fourth-order valence-corrected chi connectivity index (χ4v) is 2.69. The molecule has 0 fully saturated rings. The van der Waals surface area contributed by atoms with Crippen LogP contribution in [0.5, 0.6) is 0 Å². The van der Waals surface area contributed by atoms with Crippen molar-refractivity contribution in [3.05, 3.63) is 0 Å². The molecule has 0 aliphatic heterocycles. The quantitative estimate of drug-likeness (QED) is 0.224. The Kier molecular flexibility index (Phi) is 20.4. The minimum atomic E-state index is -0.240. The van der Waals surface area contributed by atoms with Crippen LogP contribution in [0.1, 0.15) is 0 Å². The Morgan fingerprint density at radius 1 is 0.615 bits per heavy atom. The standard InChI is InChI=1S/C16H30O8S2/c1-19-3-7-23-15(17)13-25-11-9-21-5-6-22-10-12-26-14-16(18)24-8-4-20-2/h3-14H2,1-2H3. The first-order chi connectivity index (χ1) is 12.7. The molecule has 0 aromatic heterocycles. The average Bonchev–Trinajstić information content (AvgIpc) is 2.63. The highest BCUT2D eigenvalue weighted by atomic mass is 32.2. The Morgan fingerprint density at radius 2 is 1.04 bits per heavy atom. The summed E-state index contributed by atoms with van der Waals surface area (Å²) in [5, 5.41) is 0. The van der Waals surface area contributed by atoms with E-state index in [-0.39, 0.29) is 25.2 Å². The molecule has 0 unspecified atom stereocenters. The maximum atomic E-state index is 11.3. The number of ether oxygens (including phenoxy) is 6.